The van der Waals surface area contributed by atoms with Gasteiger partial charge in [-0.15, -0.1) is 0 Å². The molecule has 1 saturated heterocycles. The largest absolute Gasteiger partial charge is 0.507 e. The molecule has 0 aromatic heterocycles. The molecule has 1 N–H and O–H groups in total. The van der Waals surface area contributed by atoms with Crippen molar-refractivity contribution in [1.82, 2.24) is 4.90 Å². The lowest BCUT2D eigenvalue weighted by Gasteiger charge is -2.26. The van der Waals surface area contributed by atoms with Crippen LogP contribution < -0.4 is 0 Å². The van der Waals surface area contributed by atoms with Crippen molar-refractivity contribution in [3.63, 3.8) is 0 Å². The van der Waals surface area contributed by atoms with Gasteiger partial charge in [0.05, 0.1) is 17.1 Å². The molecule has 1 fully saturated rings. The minimum Gasteiger partial charge on any atom is -0.507 e. The summed E-state index contributed by atoms with van der Waals surface area (Å²) in [6.45, 7) is 0.190. The van der Waals surface area contributed by atoms with E-state index in [0.717, 1.165) is 12.1 Å². The van der Waals surface area contributed by atoms with Crippen LogP contribution in [0.15, 0.2) is 18.2 Å². The van der Waals surface area contributed by atoms with Crippen LogP contribution in [0.5, 0.6) is 5.75 Å². The fraction of sp³-hybridized carbons (Fsp3) is 0.364. The number of hydrogen-bond donors (Lipinski definition) is 1. The summed E-state index contributed by atoms with van der Waals surface area (Å²) in [7, 11) is -3.06. The van der Waals surface area contributed by atoms with Crippen molar-refractivity contribution in [2.45, 2.75) is 0 Å². The van der Waals surface area contributed by atoms with Gasteiger partial charge in [-0.2, -0.15) is 0 Å². The Morgan fingerprint density at radius 1 is 1.28 bits per heavy atom. The molecule has 1 aromatic carbocycles. The van der Waals surface area contributed by atoms with E-state index in [1.807, 2.05) is 0 Å². The second-order valence-electron chi connectivity index (χ2n) is 4.11. The highest BCUT2D eigenvalue weighted by molar-refractivity contribution is 7.91. The third-order valence-corrected chi connectivity index (χ3v) is 4.43. The monoisotopic (exact) mass is 273 g/mol. The van der Waals surface area contributed by atoms with Crippen molar-refractivity contribution >= 4 is 15.7 Å². The Bertz CT molecular complexity index is 571. The van der Waals surface area contributed by atoms with Crippen LogP contribution in [0.1, 0.15) is 10.4 Å². The smallest absolute Gasteiger partial charge is 0.257 e. The molecule has 1 heterocycles. The summed E-state index contributed by atoms with van der Waals surface area (Å²) in [4.78, 5) is 13.3. The van der Waals surface area contributed by atoms with E-state index < -0.39 is 27.3 Å². The van der Waals surface area contributed by atoms with Crippen molar-refractivity contribution in [1.29, 1.82) is 0 Å². The molecule has 0 spiro atoms. The fourth-order valence-corrected chi connectivity index (χ4v) is 2.97. The average molecular weight is 273 g/mol. The van der Waals surface area contributed by atoms with E-state index in [-0.39, 0.29) is 30.2 Å². The van der Waals surface area contributed by atoms with Crippen LogP contribution >= 0.6 is 0 Å². The van der Waals surface area contributed by atoms with Gasteiger partial charge in [0, 0.05) is 19.2 Å². The first-order valence-electron chi connectivity index (χ1n) is 5.37. The Morgan fingerprint density at radius 3 is 2.44 bits per heavy atom. The third-order valence-electron chi connectivity index (χ3n) is 2.82. The molecule has 1 aliphatic heterocycles. The predicted octanol–water partition coefficient (Wildman–Crippen LogP) is 0.402. The van der Waals surface area contributed by atoms with Crippen molar-refractivity contribution < 1.29 is 22.7 Å². The Hall–Kier alpha value is -1.63. The molecule has 0 saturated carbocycles. The van der Waals surface area contributed by atoms with Gasteiger partial charge >= 0.3 is 0 Å². The molecular weight excluding hydrogens is 261 g/mol. The van der Waals surface area contributed by atoms with Crippen LogP contribution in [-0.2, 0) is 9.84 Å². The number of rotatable bonds is 1. The highest BCUT2D eigenvalue weighted by Crippen LogP contribution is 2.20. The number of carbonyl (C=O) groups is 1. The van der Waals surface area contributed by atoms with Crippen LogP contribution in [-0.4, -0.2) is 48.9 Å². The van der Waals surface area contributed by atoms with Gasteiger partial charge in [0.15, 0.2) is 9.84 Å². The number of benzene rings is 1. The first-order chi connectivity index (χ1) is 8.39. The van der Waals surface area contributed by atoms with E-state index in [2.05, 4.69) is 0 Å². The Kier molecular flexibility index (Phi) is 3.25. The Morgan fingerprint density at radius 2 is 1.89 bits per heavy atom. The Balaban J connectivity index is 2.17. The quantitative estimate of drug-likeness (QED) is 0.804. The van der Waals surface area contributed by atoms with Gasteiger partial charge in [-0.3, -0.25) is 4.79 Å². The van der Waals surface area contributed by atoms with Crippen LogP contribution in [0.3, 0.4) is 0 Å². The number of phenols is 1. The summed E-state index contributed by atoms with van der Waals surface area (Å²) in [6, 6.07) is 3.12. The summed E-state index contributed by atoms with van der Waals surface area (Å²) >= 11 is 0. The zero-order valence-corrected chi connectivity index (χ0v) is 10.3. The lowest BCUT2D eigenvalue weighted by Crippen LogP contribution is -2.43. The second-order valence-corrected chi connectivity index (χ2v) is 6.41. The SMILES string of the molecule is O=C(c1ccc(F)cc1O)N1CCS(=O)(=O)CC1. The molecular formula is C11H12FNO4S. The predicted molar refractivity (Wildman–Crippen MR) is 62.6 cm³/mol. The maximum absolute atomic E-state index is 12.8. The second kappa shape index (κ2) is 4.56. The number of carbonyl (C=O) groups excluding carboxylic acids is 1. The number of sulfone groups is 1. The molecule has 18 heavy (non-hydrogen) atoms. The van der Waals surface area contributed by atoms with Gasteiger partial charge in [0.2, 0.25) is 0 Å². The number of nitrogens with zero attached hydrogens (tertiary/aromatic N) is 1. The standard InChI is InChI=1S/C11H12FNO4S/c12-8-1-2-9(10(14)7-8)11(15)13-3-5-18(16,17)6-4-13/h1-2,7,14H,3-6H2. The van der Waals surface area contributed by atoms with Gasteiger partial charge in [0.25, 0.3) is 5.91 Å². The van der Waals surface area contributed by atoms with Gasteiger partial charge in [-0.1, -0.05) is 0 Å². The van der Waals surface area contributed by atoms with Crippen LogP contribution in [0, 0.1) is 5.82 Å². The molecule has 1 aliphatic rings. The molecule has 0 atom stereocenters. The summed E-state index contributed by atoms with van der Waals surface area (Å²) in [5, 5.41) is 9.49. The third kappa shape index (κ3) is 2.61. The van der Waals surface area contributed by atoms with E-state index in [1.54, 1.807) is 0 Å². The van der Waals surface area contributed by atoms with E-state index in [0.29, 0.717) is 0 Å². The van der Waals surface area contributed by atoms with Gasteiger partial charge in [-0.05, 0) is 12.1 Å². The minimum atomic E-state index is -3.06. The number of hydrogen-bond acceptors (Lipinski definition) is 4. The fourth-order valence-electron chi connectivity index (χ4n) is 1.77. The van der Waals surface area contributed by atoms with Crippen molar-refractivity contribution in [2.24, 2.45) is 0 Å². The van der Waals surface area contributed by atoms with Gasteiger partial charge < -0.3 is 10.0 Å². The molecule has 0 unspecified atom stereocenters. The molecule has 1 amide bonds. The zero-order chi connectivity index (χ0) is 13.3. The first kappa shape index (κ1) is 12.8. The van der Waals surface area contributed by atoms with Crippen LogP contribution in [0.4, 0.5) is 4.39 Å². The van der Waals surface area contributed by atoms with E-state index in [9.17, 15) is 22.7 Å². The Labute approximate surface area is 104 Å². The summed E-state index contributed by atoms with van der Waals surface area (Å²) in [5.74, 6) is -1.72. The number of phenolic OH excluding ortho intramolecular Hbond substituents is 1. The summed E-state index contributed by atoms with van der Waals surface area (Å²) in [5.41, 5.74) is -0.0179. The zero-order valence-electron chi connectivity index (χ0n) is 9.47. The van der Waals surface area contributed by atoms with Crippen molar-refractivity contribution in [3.8, 4) is 5.75 Å². The first-order valence-corrected chi connectivity index (χ1v) is 7.19. The normalized spacial score (nSPS) is 18.6. The molecule has 98 valence electrons. The average Bonchev–Trinajstić information content (AvgIpc) is 2.28. The molecule has 7 heteroatoms. The highest BCUT2D eigenvalue weighted by Gasteiger charge is 2.27. The molecule has 0 aliphatic carbocycles. The van der Waals surface area contributed by atoms with E-state index in [4.69, 9.17) is 0 Å². The van der Waals surface area contributed by atoms with Crippen LogP contribution in [0.2, 0.25) is 0 Å². The topological polar surface area (TPSA) is 74.7 Å². The summed E-state index contributed by atoms with van der Waals surface area (Å²) < 4.78 is 35.3. The highest BCUT2D eigenvalue weighted by atomic mass is 32.2. The molecule has 5 nitrogen and oxygen atoms in total. The van der Waals surface area contributed by atoms with E-state index in [1.165, 1.54) is 11.0 Å². The molecule has 0 bridgehead atoms. The molecule has 2 rings (SSSR count). The molecule has 1 aromatic rings. The maximum Gasteiger partial charge on any atom is 0.257 e. The maximum atomic E-state index is 12.8. The van der Waals surface area contributed by atoms with E-state index >= 15 is 0 Å². The number of amides is 1. The lowest BCUT2D eigenvalue weighted by atomic mass is 10.1. The summed E-state index contributed by atoms with van der Waals surface area (Å²) in [6.07, 6.45) is 0. The lowest BCUT2D eigenvalue weighted by molar-refractivity contribution is 0.0767. The van der Waals surface area contributed by atoms with Gasteiger partial charge in [0.1, 0.15) is 11.6 Å². The van der Waals surface area contributed by atoms with Crippen molar-refractivity contribution in [3.05, 3.63) is 29.6 Å². The number of halogens is 1. The van der Waals surface area contributed by atoms with Gasteiger partial charge in [-0.25, -0.2) is 12.8 Å². The minimum absolute atomic E-state index is 0.0179. The van der Waals surface area contributed by atoms with Crippen LogP contribution in [0.25, 0.3) is 0 Å². The number of aromatic hydroxyl groups is 1. The molecule has 0 radical (unpaired) electrons. The van der Waals surface area contributed by atoms with Crippen molar-refractivity contribution in [2.75, 3.05) is 24.6 Å².